The van der Waals surface area contributed by atoms with Gasteiger partial charge < -0.3 is 10.4 Å². The van der Waals surface area contributed by atoms with E-state index in [2.05, 4.69) is 19.2 Å². The van der Waals surface area contributed by atoms with Crippen molar-refractivity contribution in [3.63, 3.8) is 0 Å². The van der Waals surface area contributed by atoms with Crippen LogP contribution in [0.3, 0.4) is 0 Å². The molecule has 0 aliphatic heterocycles. The minimum Gasteiger partial charge on any atom is -0.391 e. The van der Waals surface area contributed by atoms with E-state index in [0.29, 0.717) is 12.8 Å². The first-order valence-corrected chi connectivity index (χ1v) is 21.8. The molecular weight excluding hydrogens is 594 g/mol. The van der Waals surface area contributed by atoms with E-state index in [4.69, 9.17) is 0 Å². The maximum absolute atomic E-state index is 12.5. The van der Waals surface area contributed by atoms with Gasteiger partial charge in [0.1, 0.15) is 0 Å². The molecule has 0 saturated heterocycles. The summed E-state index contributed by atoms with van der Waals surface area (Å²) in [5.74, 6) is -0.884. The van der Waals surface area contributed by atoms with E-state index in [-0.39, 0.29) is 5.91 Å². The summed E-state index contributed by atoms with van der Waals surface area (Å²) in [5, 5.41) is 13.3. The van der Waals surface area contributed by atoms with E-state index >= 15 is 0 Å². The molecule has 0 fully saturated rings. The molecule has 0 spiro atoms. The molecule has 2 atom stereocenters. The summed E-state index contributed by atoms with van der Waals surface area (Å²) < 4.78 is 32.4. The van der Waals surface area contributed by atoms with Crippen LogP contribution in [0.15, 0.2) is 0 Å². The zero-order valence-electron chi connectivity index (χ0n) is 30.7. The van der Waals surface area contributed by atoms with Crippen molar-refractivity contribution in [3.8, 4) is 0 Å². The maximum atomic E-state index is 12.5. The Kier molecular flexibility index (Phi) is 33.7. The Hall–Kier alpha value is -0.660. The second-order valence-corrected chi connectivity index (χ2v) is 15.8. The summed E-state index contributed by atoms with van der Waals surface area (Å²) in [6.45, 7) is 4.51. The van der Waals surface area contributed by atoms with Crippen molar-refractivity contribution in [2.24, 2.45) is 0 Å². The quantitative estimate of drug-likeness (QED) is 0.0450. The summed E-state index contributed by atoms with van der Waals surface area (Å²) in [6.07, 6.45) is 39.2. The number of hydrogen-bond donors (Lipinski definition) is 3. The summed E-state index contributed by atoms with van der Waals surface area (Å²) in [7, 11) is -4.30. The van der Waals surface area contributed by atoms with Gasteiger partial charge >= 0.3 is 0 Å². The van der Waals surface area contributed by atoms with E-state index in [1.807, 2.05) is 0 Å². The highest BCUT2D eigenvalue weighted by Gasteiger charge is 2.26. The third-order valence-electron chi connectivity index (χ3n) is 9.56. The monoisotopic (exact) mass is 674 g/mol. The van der Waals surface area contributed by atoms with E-state index in [1.165, 1.54) is 161 Å². The molecule has 1 amide bonds. The molecule has 0 radical (unpaired) electrons. The number of carbonyl (C=O) groups is 1. The van der Waals surface area contributed by atoms with Crippen molar-refractivity contribution in [1.82, 2.24) is 5.32 Å². The molecule has 276 valence electrons. The first-order valence-electron chi connectivity index (χ1n) is 20.2. The third-order valence-corrected chi connectivity index (χ3v) is 10.3. The zero-order chi connectivity index (χ0) is 34.0. The molecule has 2 unspecified atom stereocenters. The highest BCUT2D eigenvalue weighted by atomic mass is 32.2. The zero-order valence-corrected chi connectivity index (χ0v) is 31.5. The van der Waals surface area contributed by atoms with Gasteiger partial charge in [-0.2, -0.15) is 8.42 Å². The minimum absolute atomic E-state index is 0.242. The van der Waals surface area contributed by atoms with E-state index in [9.17, 15) is 22.9 Å². The normalized spacial score (nSPS) is 13.2. The lowest BCUT2D eigenvalue weighted by molar-refractivity contribution is -0.122. The van der Waals surface area contributed by atoms with Crippen LogP contribution in [0.1, 0.15) is 226 Å². The van der Waals surface area contributed by atoms with Crippen molar-refractivity contribution < 1.29 is 22.9 Å². The first kappa shape index (κ1) is 45.3. The lowest BCUT2D eigenvalue weighted by atomic mass is 10.0. The minimum atomic E-state index is -4.30. The van der Waals surface area contributed by atoms with Crippen LogP contribution in [0.4, 0.5) is 0 Å². The molecule has 7 heteroatoms. The van der Waals surface area contributed by atoms with Gasteiger partial charge in [0.05, 0.1) is 17.9 Å². The number of unbranched alkanes of at least 4 members (excludes halogenated alkanes) is 29. The lowest BCUT2D eigenvalue weighted by Gasteiger charge is -2.23. The number of nitrogens with one attached hydrogen (secondary N) is 1. The van der Waals surface area contributed by atoms with Gasteiger partial charge in [0.2, 0.25) is 5.91 Å². The second kappa shape index (κ2) is 34.2. The molecule has 0 aromatic heterocycles. The fourth-order valence-corrected chi connectivity index (χ4v) is 7.27. The molecule has 3 N–H and O–H groups in total. The van der Waals surface area contributed by atoms with Gasteiger partial charge in [-0.25, -0.2) is 0 Å². The van der Waals surface area contributed by atoms with Gasteiger partial charge in [-0.15, -0.1) is 0 Å². The second-order valence-electron chi connectivity index (χ2n) is 14.3. The van der Waals surface area contributed by atoms with Crippen LogP contribution in [-0.4, -0.2) is 41.9 Å². The van der Waals surface area contributed by atoms with Crippen molar-refractivity contribution in [1.29, 1.82) is 0 Å². The molecule has 0 aromatic rings. The summed E-state index contributed by atoms with van der Waals surface area (Å²) in [4.78, 5) is 12.5. The van der Waals surface area contributed by atoms with Crippen LogP contribution < -0.4 is 5.32 Å². The van der Waals surface area contributed by atoms with Gasteiger partial charge in [-0.3, -0.25) is 9.35 Å². The Bertz CT molecular complexity index is 745. The Morgan fingerprint density at radius 1 is 0.500 bits per heavy atom. The van der Waals surface area contributed by atoms with Crippen LogP contribution in [-0.2, 0) is 14.9 Å². The van der Waals surface area contributed by atoms with Crippen LogP contribution in [0.25, 0.3) is 0 Å². The molecule has 0 saturated carbocycles. The molecule has 6 nitrogen and oxygen atoms in total. The number of hydrogen-bond acceptors (Lipinski definition) is 4. The Morgan fingerprint density at radius 3 is 1.09 bits per heavy atom. The van der Waals surface area contributed by atoms with E-state index in [0.717, 1.165) is 38.5 Å². The number of carbonyl (C=O) groups excluding carboxylic acids is 1. The fraction of sp³-hybridized carbons (Fsp3) is 0.974. The van der Waals surface area contributed by atoms with Crippen molar-refractivity contribution in [3.05, 3.63) is 0 Å². The van der Waals surface area contributed by atoms with E-state index in [1.54, 1.807) is 0 Å². The predicted octanol–water partition coefficient (Wildman–Crippen LogP) is 11.6. The average Bonchev–Trinajstić information content (AvgIpc) is 3.01. The summed E-state index contributed by atoms with van der Waals surface area (Å²) >= 11 is 0. The molecule has 0 heterocycles. The van der Waals surface area contributed by atoms with Crippen LogP contribution in [0.2, 0.25) is 0 Å². The number of aliphatic hydroxyl groups excluding tert-OH is 1. The van der Waals surface area contributed by atoms with Gasteiger partial charge in [-0.1, -0.05) is 206 Å². The Morgan fingerprint density at radius 2 is 0.783 bits per heavy atom. The molecule has 0 bridgehead atoms. The Balaban J connectivity index is 3.74. The van der Waals surface area contributed by atoms with Gasteiger partial charge in [0.15, 0.2) is 0 Å². The molecule has 0 aliphatic carbocycles. The van der Waals surface area contributed by atoms with Crippen molar-refractivity contribution in [2.45, 2.75) is 238 Å². The molecular formula is C39H79NO5S. The molecule has 0 aliphatic rings. The van der Waals surface area contributed by atoms with Gasteiger partial charge in [-0.05, 0) is 12.8 Å². The standard InChI is InChI=1S/C39H79NO5S/c1-3-5-7-9-11-13-15-16-17-18-19-20-21-22-23-24-25-27-29-31-33-35-39(42)40-37(36-46(43,44)45)38(41)34-32-30-28-26-14-12-10-8-6-4-2/h37-38,41H,3-36H2,1-2H3,(H,40,42)(H,43,44,45). The molecule has 0 rings (SSSR count). The smallest absolute Gasteiger partial charge is 0.266 e. The lowest BCUT2D eigenvalue weighted by Crippen LogP contribution is -2.47. The largest absolute Gasteiger partial charge is 0.391 e. The number of amides is 1. The SMILES string of the molecule is CCCCCCCCCCCCCCCCCCCCCCCC(=O)NC(CS(=O)(=O)O)C(O)CCCCCCCCCCCC. The van der Waals surface area contributed by atoms with E-state index < -0.39 is 28.0 Å². The van der Waals surface area contributed by atoms with Gasteiger partial charge in [0.25, 0.3) is 10.1 Å². The highest BCUT2D eigenvalue weighted by Crippen LogP contribution is 2.16. The molecule has 46 heavy (non-hydrogen) atoms. The maximum Gasteiger partial charge on any atom is 0.266 e. The summed E-state index contributed by atoms with van der Waals surface area (Å²) in [5.41, 5.74) is 0. The predicted molar refractivity (Wildman–Crippen MR) is 198 cm³/mol. The average molecular weight is 674 g/mol. The first-order chi connectivity index (χ1) is 22.3. The van der Waals surface area contributed by atoms with Crippen LogP contribution in [0.5, 0.6) is 0 Å². The fourth-order valence-electron chi connectivity index (χ4n) is 6.51. The number of aliphatic hydroxyl groups is 1. The third kappa shape index (κ3) is 34.7. The van der Waals surface area contributed by atoms with Crippen molar-refractivity contribution in [2.75, 3.05) is 5.75 Å². The van der Waals surface area contributed by atoms with Crippen LogP contribution in [0, 0.1) is 0 Å². The van der Waals surface area contributed by atoms with Crippen LogP contribution >= 0.6 is 0 Å². The Labute approximate surface area is 287 Å². The summed E-state index contributed by atoms with van der Waals surface area (Å²) in [6, 6.07) is -0.962. The molecule has 0 aromatic carbocycles. The number of rotatable bonds is 37. The van der Waals surface area contributed by atoms with Crippen molar-refractivity contribution >= 4 is 16.0 Å². The highest BCUT2D eigenvalue weighted by molar-refractivity contribution is 7.85. The topological polar surface area (TPSA) is 104 Å². The van der Waals surface area contributed by atoms with Gasteiger partial charge in [0, 0.05) is 6.42 Å².